The molecule has 1 aliphatic carbocycles. The minimum Gasteiger partial charge on any atom is -0.476 e. The fourth-order valence-corrected chi connectivity index (χ4v) is 4.04. The number of unbranched alkanes of at least 4 members (excludes halogenated alkanes) is 1. The second kappa shape index (κ2) is 7.56. The topological polar surface area (TPSA) is 78.7 Å². The Bertz CT molecular complexity index is 655. The van der Waals surface area contributed by atoms with Gasteiger partial charge in [0.2, 0.25) is 5.91 Å². The number of aromatic carboxylic acids is 1. The number of fused-ring (bicyclic) bond motifs is 1. The van der Waals surface area contributed by atoms with Gasteiger partial charge in [-0.1, -0.05) is 13.3 Å². The van der Waals surface area contributed by atoms with Crippen molar-refractivity contribution < 1.29 is 14.7 Å². The molecule has 138 valence electrons. The second-order valence-electron chi connectivity index (χ2n) is 7.00. The van der Waals surface area contributed by atoms with Crippen molar-refractivity contribution >= 4 is 11.9 Å². The van der Waals surface area contributed by atoms with E-state index >= 15 is 0 Å². The third-order valence-corrected chi connectivity index (χ3v) is 5.47. The van der Waals surface area contributed by atoms with Crippen LogP contribution in [0.4, 0.5) is 0 Å². The molecule has 7 heteroatoms. The van der Waals surface area contributed by atoms with Gasteiger partial charge in [0.25, 0.3) is 0 Å². The number of carboxylic acids is 1. The largest absolute Gasteiger partial charge is 0.476 e. The van der Waals surface area contributed by atoms with Gasteiger partial charge in [-0.3, -0.25) is 14.4 Å². The van der Waals surface area contributed by atoms with Crippen LogP contribution in [-0.4, -0.2) is 68.8 Å². The highest BCUT2D eigenvalue weighted by Crippen LogP contribution is 2.28. The standard InChI is InChI=1S/C18H28N4O3/c1-3-5-8-20-9-10-21(12-16(20)23)13-6-7-15-14(11-13)17(18(24)25)19-22(15)4-2/h13H,3-12H2,1-2H3,(H,24,25)/t13-/m1/s1. The highest BCUT2D eigenvalue weighted by atomic mass is 16.4. The number of piperazine rings is 1. The number of hydrogen-bond acceptors (Lipinski definition) is 4. The Kier molecular flexibility index (Phi) is 5.42. The number of aromatic nitrogens is 2. The van der Waals surface area contributed by atoms with E-state index in [9.17, 15) is 14.7 Å². The summed E-state index contributed by atoms with van der Waals surface area (Å²) in [5.74, 6) is -0.752. The van der Waals surface area contributed by atoms with Crippen LogP contribution >= 0.6 is 0 Å². The van der Waals surface area contributed by atoms with Gasteiger partial charge in [0, 0.05) is 43.5 Å². The zero-order valence-electron chi connectivity index (χ0n) is 15.2. The third kappa shape index (κ3) is 3.56. The molecule has 2 aliphatic rings. The quantitative estimate of drug-likeness (QED) is 0.841. The van der Waals surface area contributed by atoms with Gasteiger partial charge in [-0.25, -0.2) is 4.79 Å². The zero-order valence-corrected chi connectivity index (χ0v) is 15.2. The first-order valence-electron chi connectivity index (χ1n) is 9.38. The highest BCUT2D eigenvalue weighted by molar-refractivity contribution is 5.87. The minimum atomic E-state index is -0.954. The van der Waals surface area contributed by atoms with Crippen molar-refractivity contribution in [3.63, 3.8) is 0 Å². The number of aryl methyl sites for hydroxylation is 1. The monoisotopic (exact) mass is 348 g/mol. The molecule has 3 rings (SSSR count). The summed E-state index contributed by atoms with van der Waals surface area (Å²) in [4.78, 5) is 28.1. The molecule has 2 heterocycles. The third-order valence-electron chi connectivity index (χ3n) is 5.47. The molecule has 7 nitrogen and oxygen atoms in total. The average molecular weight is 348 g/mol. The molecule has 1 aliphatic heterocycles. The molecule has 1 fully saturated rings. The lowest BCUT2D eigenvalue weighted by atomic mass is 9.90. The van der Waals surface area contributed by atoms with Gasteiger partial charge in [-0.2, -0.15) is 5.10 Å². The summed E-state index contributed by atoms with van der Waals surface area (Å²) in [6.45, 7) is 7.77. The molecule has 1 saturated heterocycles. The number of rotatable bonds is 6. The van der Waals surface area contributed by atoms with Crippen LogP contribution < -0.4 is 0 Å². The Morgan fingerprint density at radius 2 is 2.12 bits per heavy atom. The van der Waals surface area contributed by atoms with E-state index in [1.54, 1.807) is 0 Å². The van der Waals surface area contributed by atoms with Crippen LogP contribution in [-0.2, 0) is 24.2 Å². The maximum Gasteiger partial charge on any atom is 0.356 e. The number of amides is 1. The van der Waals surface area contributed by atoms with Crippen LogP contribution in [0.5, 0.6) is 0 Å². The van der Waals surface area contributed by atoms with Gasteiger partial charge in [-0.05, 0) is 32.6 Å². The van der Waals surface area contributed by atoms with E-state index in [4.69, 9.17) is 0 Å². The SMILES string of the molecule is CCCCN1CCN([C@@H]2CCc3c(c(C(=O)O)nn3CC)C2)CC1=O. The van der Waals surface area contributed by atoms with Crippen LogP contribution in [0.15, 0.2) is 0 Å². The molecule has 25 heavy (non-hydrogen) atoms. The molecule has 0 spiro atoms. The summed E-state index contributed by atoms with van der Waals surface area (Å²) in [5.41, 5.74) is 2.12. The second-order valence-corrected chi connectivity index (χ2v) is 7.00. The lowest BCUT2D eigenvalue weighted by Gasteiger charge is -2.40. The molecule has 0 saturated carbocycles. The lowest BCUT2D eigenvalue weighted by Crippen LogP contribution is -2.54. The van der Waals surface area contributed by atoms with Crippen LogP contribution in [0.1, 0.15) is 54.9 Å². The first-order chi connectivity index (χ1) is 12.0. The van der Waals surface area contributed by atoms with Crippen LogP contribution in [0.25, 0.3) is 0 Å². The number of carbonyl (C=O) groups is 2. The normalized spacial score (nSPS) is 21.4. The predicted molar refractivity (Wildman–Crippen MR) is 93.7 cm³/mol. The zero-order chi connectivity index (χ0) is 18.0. The van der Waals surface area contributed by atoms with Crippen molar-refractivity contribution in [1.82, 2.24) is 19.6 Å². The Labute approximate surface area is 148 Å². The van der Waals surface area contributed by atoms with Crippen molar-refractivity contribution in [1.29, 1.82) is 0 Å². The van der Waals surface area contributed by atoms with Crippen LogP contribution in [0.3, 0.4) is 0 Å². The molecule has 0 radical (unpaired) electrons. The van der Waals surface area contributed by atoms with Crippen LogP contribution in [0, 0.1) is 0 Å². The van der Waals surface area contributed by atoms with E-state index in [-0.39, 0.29) is 17.6 Å². The van der Waals surface area contributed by atoms with Gasteiger partial charge >= 0.3 is 5.97 Å². The summed E-state index contributed by atoms with van der Waals surface area (Å²) in [5, 5.41) is 13.7. The summed E-state index contributed by atoms with van der Waals surface area (Å²) in [6, 6.07) is 0.234. The first kappa shape index (κ1) is 17.9. The van der Waals surface area contributed by atoms with E-state index < -0.39 is 5.97 Å². The van der Waals surface area contributed by atoms with Gasteiger partial charge < -0.3 is 10.0 Å². The fourth-order valence-electron chi connectivity index (χ4n) is 4.04. The maximum atomic E-state index is 12.4. The molecular weight excluding hydrogens is 320 g/mol. The average Bonchev–Trinajstić information content (AvgIpc) is 2.99. The Morgan fingerprint density at radius 3 is 2.76 bits per heavy atom. The molecule has 1 atom stereocenters. The summed E-state index contributed by atoms with van der Waals surface area (Å²) in [7, 11) is 0. The number of hydrogen-bond donors (Lipinski definition) is 1. The molecule has 0 aromatic carbocycles. The Hall–Kier alpha value is -1.89. The Morgan fingerprint density at radius 1 is 1.32 bits per heavy atom. The van der Waals surface area contributed by atoms with Crippen molar-refractivity contribution in [3.8, 4) is 0 Å². The number of carbonyl (C=O) groups excluding carboxylic acids is 1. The summed E-state index contributed by atoms with van der Waals surface area (Å²) in [6.07, 6.45) is 4.62. The van der Waals surface area contributed by atoms with E-state index in [0.717, 1.165) is 56.6 Å². The molecule has 0 unspecified atom stereocenters. The van der Waals surface area contributed by atoms with Crippen molar-refractivity contribution in [2.45, 2.75) is 58.5 Å². The number of nitrogens with zero attached hydrogens (tertiary/aromatic N) is 4. The molecule has 1 aromatic heterocycles. The first-order valence-corrected chi connectivity index (χ1v) is 9.38. The fraction of sp³-hybridized carbons (Fsp3) is 0.722. The lowest BCUT2D eigenvalue weighted by molar-refractivity contribution is -0.137. The molecule has 1 aromatic rings. The maximum absolute atomic E-state index is 12.4. The summed E-state index contributed by atoms with van der Waals surface area (Å²) < 4.78 is 1.82. The highest BCUT2D eigenvalue weighted by Gasteiger charge is 2.34. The van der Waals surface area contributed by atoms with Crippen LogP contribution in [0.2, 0.25) is 0 Å². The van der Waals surface area contributed by atoms with Gasteiger partial charge in [0.1, 0.15) is 0 Å². The minimum absolute atomic E-state index is 0.189. The summed E-state index contributed by atoms with van der Waals surface area (Å²) >= 11 is 0. The van der Waals surface area contributed by atoms with Crippen molar-refractivity contribution in [3.05, 3.63) is 17.0 Å². The Balaban J connectivity index is 1.70. The van der Waals surface area contributed by atoms with Gasteiger partial charge in [-0.15, -0.1) is 0 Å². The van der Waals surface area contributed by atoms with E-state index in [0.29, 0.717) is 19.5 Å². The molecule has 1 N–H and O–H groups in total. The van der Waals surface area contributed by atoms with Crippen molar-refractivity contribution in [2.75, 3.05) is 26.2 Å². The van der Waals surface area contributed by atoms with E-state index in [1.165, 1.54) is 0 Å². The predicted octanol–water partition coefficient (Wildman–Crippen LogP) is 1.40. The van der Waals surface area contributed by atoms with Gasteiger partial charge in [0.05, 0.1) is 6.54 Å². The molecule has 1 amide bonds. The van der Waals surface area contributed by atoms with Gasteiger partial charge in [0.15, 0.2) is 5.69 Å². The molecular formula is C18H28N4O3. The van der Waals surface area contributed by atoms with Crippen molar-refractivity contribution in [2.24, 2.45) is 0 Å². The smallest absolute Gasteiger partial charge is 0.356 e. The van der Waals surface area contributed by atoms with E-state index in [2.05, 4.69) is 16.9 Å². The van der Waals surface area contributed by atoms with E-state index in [1.807, 2.05) is 16.5 Å². The molecule has 0 bridgehead atoms. The number of carboxylic acid groups (broad SMARTS) is 1.